The summed E-state index contributed by atoms with van der Waals surface area (Å²) in [5.41, 5.74) is 0.988. The topological polar surface area (TPSA) is 60.0 Å². The Hall–Kier alpha value is -1.69. The van der Waals surface area contributed by atoms with Gasteiger partial charge in [0, 0.05) is 6.04 Å². The van der Waals surface area contributed by atoms with Crippen molar-refractivity contribution in [1.82, 2.24) is 24.6 Å². The molecule has 0 bridgehead atoms. The van der Waals surface area contributed by atoms with E-state index in [0.717, 1.165) is 37.0 Å². The van der Waals surface area contributed by atoms with E-state index in [9.17, 15) is 0 Å². The highest BCUT2D eigenvalue weighted by molar-refractivity contribution is 5.05. The lowest BCUT2D eigenvalue weighted by Crippen LogP contribution is -2.32. The molecule has 1 saturated heterocycles. The molecular formula is C13H19N5O. The van der Waals surface area contributed by atoms with Crippen LogP contribution in [0.1, 0.15) is 30.2 Å². The van der Waals surface area contributed by atoms with Gasteiger partial charge in [0.1, 0.15) is 18.4 Å². The third-order valence-corrected chi connectivity index (χ3v) is 3.77. The highest BCUT2D eigenvalue weighted by Crippen LogP contribution is 2.21. The minimum Gasteiger partial charge on any atom is -0.444 e. The van der Waals surface area contributed by atoms with Gasteiger partial charge in [-0.1, -0.05) is 0 Å². The first-order valence-corrected chi connectivity index (χ1v) is 6.72. The van der Waals surface area contributed by atoms with Crippen molar-refractivity contribution in [3.8, 4) is 0 Å². The molecule has 3 rings (SSSR count). The molecule has 0 spiro atoms. The van der Waals surface area contributed by atoms with E-state index >= 15 is 0 Å². The van der Waals surface area contributed by atoms with Crippen molar-refractivity contribution in [2.45, 2.75) is 45.8 Å². The van der Waals surface area contributed by atoms with Crippen molar-refractivity contribution in [1.29, 1.82) is 0 Å². The van der Waals surface area contributed by atoms with Crippen LogP contribution in [0.25, 0.3) is 0 Å². The van der Waals surface area contributed by atoms with Crippen LogP contribution in [0.5, 0.6) is 0 Å². The predicted octanol–water partition coefficient (Wildman–Crippen LogP) is 1.55. The zero-order valence-electron chi connectivity index (χ0n) is 11.4. The Labute approximate surface area is 112 Å². The van der Waals surface area contributed by atoms with Crippen LogP contribution in [0.2, 0.25) is 0 Å². The van der Waals surface area contributed by atoms with E-state index in [2.05, 4.69) is 20.0 Å². The van der Waals surface area contributed by atoms with Crippen molar-refractivity contribution in [3.63, 3.8) is 0 Å². The molecule has 0 amide bonds. The molecule has 0 unspecified atom stereocenters. The first-order valence-electron chi connectivity index (χ1n) is 6.72. The molecule has 19 heavy (non-hydrogen) atoms. The lowest BCUT2D eigenvalue weighted by molar-refractivity contribution is 0.199. The van der Waals surface area contributed by atoms with Crippen molar-refractivity contribution in [2.75, 3.05) is 6.54 Å². The Kier molecular flexibility index (Phi) is 3.33. The summed E-state index contributed by atoms with van der Waals surface area (Å²) in [5.74, 6) is 1.74. The average Bonchev–Trinajstić information content (AvgIpc) is 3.07. The second-order valence-corrected chi connectivity index (χ2v) is 5.13. The maximum Gasteiger partial charge on any atom is 0.208 e. The third-order valence-electron chi connectivity index (χ3n) is 3.77. The van der Waals surface area contributed by atoms with Gasteiger partial charge in [0.2, 0.25) is 5.89 Å². The molecule has 0 saturated carbocycles. The van der Waals surface area contributed by atoms with Crippen LogP contribution >= 0.6 is 0 Å². The molecular weight excluding hydrogens is 242 g/mol. The van der Waals surface area contributed by atoms with Crippen LogP contribution in [0.15, 0.2) is 17.1 Å². The van der Waals surface area contributed by atoms with Crippen molar-refractivity contribution >= 4 is 0 Å². The van der Waals surface area contributed by atoms with Crippen LogP contribution in [0.4, 0.5) is 0 Å². The number of hydrogen-bond donors (Lipinski definition) is 0. The SMILES string of the molecule is Cc1nc(CN2CCC[C@H]2Cn2cncn2)oc1C. The van der Waals surface area contributed by atoms with Gasteiger partial charge in [0.15, 0.2) is 0 Å². The van der Waals surface area contributed by atoms with Crippen LogP contribution in [0, 0.1) is 13.8 Å². The molecule has 6 nitrogen and oxygen atoms in total. The van der Waals surface area contributed by atoms with Gasteiger partial charge in [-0.05, 0) is 33.2 Å². The Balaban J connectivity index is 1.66. The normalized spacial score (nSPS) is 20.2. The van der Waals surface area contributed by atoms with Gasteiger partial charge in [-0.3, -0.25) is 9.58 Å². The quantitative estimate of drug-likeness (QED) is 0.835. The Morgan fingerprint density at radius 2 is 2.32 bits per heavy atom. The fourth-order valence-electron chi connectivity index (χ4n) is 2.63. The lowest BCUT2D eigenvalue weighted by Gasteiger charge is -2.22. The van der Waals surface area contributed by atoms with Gasteiger partial charge in [0.25, 0.3) is 0 Å². The van der Waals surface area contributed by atoms with Crippen LogP contribution < -0.4 is 0 Å². The largest absolute Gasteiger partial charge is 0.444 e. The van der Waals surface area contributed by atoms with Crippen LogP contribution in [-0.4, -0.2) is 37.2 Å². The lowest BCUT2D eigenvalue weighted by atomic mass is 10.2. The van der Waals surface area contributed by atoms with E-state index in [1.54, 1.807) is 12.7 Å². The summed E-state index contributed by atoms with van der Waals surface area (Å²) in [6, 6.07) is 0.495. The Morgan fingerprint density at radius 1 is 1.42 bits per heavy atom. The third kappa shape index (κ3) is 2.68. The summed E-state index contributed by atoms with van der Waals surface area (Å²) >= 11 is 0. The van der Waals surface area contributed by atoms with Gasteiger partial charge in [-0.2, -0.15) is 5.10 Å². The van der Waals surface area contributed by atoms with Crippen molar-refractivity contribution in [3.05, 3.63) is 30.0 Å². The number of aryl methyl sites for hydroxylation is 2. The molecule has 102 valence electrons. The summed E-state index contributed by atoms with van der Waals surface area (Å²) in [5, 5.41) is 4.18. The second-order valence-electron chi connectivity index (χ2n) is 5.13. The fraction of sp³-hybridized carbons (Fsp3) is 0.615. The van der Waals surface area contributed by atoms with E-state index < -0.39 is 0 Å². The molecule has 0 N–H and O–H groups in total. The first-order chi connectivity index (χ1) is 9.22. The fourth-order valence-corrected chi connectivity index (χ4v) is 2.63. The summed E-state index contributed by atoms with van der Waals surface area (Å²) in [4.78, 5) is 10.9. The van der Waals surface area contributed by atoms with Crippen molar-refractivity contribution in [2.24, 2.45) is 0 Å². The summed E-state index contributed by atoms with van der Waals surface area (Å²) in [6.45, 7) is 6.72. The molecule has 0 aliphatic carbocycles. The highest BCUT2D eigenvalue weighted by atomic mass is 16.4. The first kappa shape index (κ1) is 12.3. The molecule has 1 fully saturated rings. The summed E-state index contributed by atoms with van der Waals surface area (Å²) < 4.78 is 7.57. The van der Waals surface area contributed by atoms with Gasteiger partial charge in [-0.25, -0.2) is 9.97 Å². The van der Waals surface area contributed by atoms with E-state index in [1.165, 1.54) is 12.8 Å². The maximum absolute atomic E-state index is 5.67. The Bertz CT molecular complexity index is 514. The van der Waals surface area contributed by atoms with Crippen LogP contribution in [0.3, 0.4) is 0 Å². The zero-order valence-corrected chi connectivity index (χ0v) is 11.4. The second kappa shape index (κ2) is 5.13. The van der Waals surface area contributed by atoms with Gasteiger partial charge < -0.3 is 4.42 Å². The molecule has 0 aromatic carbocycles. The van der Waals surface area contributed by atoms with Crippen molar-refractivity contribution < 1.29 is 4.42 Å². The monoisotopic (exact) mass is 261 g/mol. The molecule has 2 aromatic rings. The molecule has 0 radical (unpaired) electrons. The molecule has 6 heteroatoms. The zero-order chi connectivity index (χ0) is 13.2. The Morgan fingerprint density at radius 3 is 3.00 bits per heavy atom. The number of hydrogen-bond acceptors (Lipinski definition) is 5. The average molecular weight is 261 g/mol. The summed E-state index contributed by atoms with van der Waals surface area (Å²) in [6.07, 6.45) is 5.77. The van der Waals surface area contributed by atoms with E-state index in [-0.39, 0.29) is 0 Å². The number of nitrogens with zero attached hydrogens (tertiary/aromatic N) is 5. The number of likely N-dealkylation sites (tertiary alicyclic amines) is 1. The molecule has 1 aliphatic rings. The predicted molar refractivity (Wildman–Crippen MR) is 69.4 cm³/mol. The van der Waals surface area contributed by atoms with Gasteiger partial charge >= 0.3 is 0 Å². The van der Waals surface area contributed by atoms with Crippen LogP contribution in [-0.2, 0) is 13.1 Å². The van der Waals surface area contributed by atoms with Gasteiger partial charge in [0.05, 0.1) is 18.8 Å². The molecule has 1 aliphatic heterocycles. The molecule has 2 aromatic heterocycles. The minimum atomic E-state index is 0.495. The smallest absolute Gasteiger partial charge is 0.208 e. The van der Waals surface area contributed by atoms with E-state index in [4.69, 9.17) is 4.42 Å². The van der Waals surface area contributed by atoms with E-state index in [1.807, 2.05) is 18.5 Å². The van der Waals surface area contributed by atoms with Gasteiger partial charge in [-0.15, -0.1) is 0 Å². The number of aromatic nitrogens is 4. The maximum atomic E-state index is 5.67. The molecule has 1 atom stereocenters. The minimum absolute atomic E-state index is 0.495. The standard InChI is InChI=1S/C13H19N5O/c1-10-11(2)19-13(16-10)7-17-5-3-4-12(17)6-18-9-14-8-15-18/h8-9,12H,3-7H2,1-2H3/t12-/m0/s1. The highest BCUT2D eigenvalue weighted by Gasteiger charge is 2.26. The number of rotatable bonds is 4. The van der Waals surface area contributed by atoms with E-state index in [0.29, 0.717) is 6.04 Å². The number of oxazole rings is 1. The molecule has 3 heterocycles. The summed E-state index contributed by atoms with van der Waals surface area (Å²) in [7, 11) is 0.